The molecule has 0 aliphatic carbocycles. The maximum Gasteiger partial charge on any atom is 0.311 e. The number of hydrogen-bond acceptors (Lipinski definition) is 13. The molecule has 0 spiro atoms. The van der Waals surface area contributed by atoms with Gasteiger partial charge in [0.05, 0.1) is 53.7 Å². The first-order chi connectivity index (χ1) is 23.1. The van der Waals surface area contributed by atoms with Gasteiger partial charge in [0, 0.05) is 31.4 Å². The molecule has 2 unspecified atom stereocenters. The number of ether oxygens (including phenoxy) is 6. The summed E-state index contributed by atoms with van der Waals surface area (Å²) in [7, 11) is 5.24. The van der Waals surface area contributed by atoms with Gasteiger partial charge in [-0.2, -0.15) is 0 Å². The Morgan fingerprint density at radius 2 is 1.56 bits per heavy atom. The number of carbonyl (C=O) groups excluding carboxylic acids is 1. The second-order valence-corrected chi connectivity index (χ2v) is 16.1. The van der Waals surface area contributed by atoms with E-state index in [0.29, 0.717) is 12.8 Å². The molecule has 0 aromatic heterocycles. The highest BCUT2D eigenvalue weighted by Crippen LogP contribution is 2.40. The fraction of sp³-hybridized carbons (Fsp3) is 0.919. The number of cyclic esters (lactones) is 1. The monoisotopic (exact) mass is 717 g/mol. The molecule has 3 aliphatic heterocycles. The molecule has 0 aromatic carbocycles. The largest absolute Gasteiger partial charge is 0.457 e. The smallest absolute Gasteiger partial charge is 0.311 e. The lowest BCUT2D eigenvalue weighted by molar-refractivity contribution is -0.318. The number of rotatable bonds is 7. The van der Waals surface area contributed by atoms with Gasteiger partial charge in [0.25, 0.3) is 0 Å². The minimum atomic E-state index is -1.68. The molecule has 13 nitrogen and oxygen atoms in total. The number of methoxy groups -OCH3 is 1. The molecule has 292 valence electrons. The van der Waals surface area contributed by atoms with Crippen LogP contribution < -0.4 is 0 Å². The van der Waals surface area contributed by atoms with Gasteiger partial charge in [-0.25, -0.2) is 0 Å². The average molecular weight is 718 g/mol. The van der Waals surface area contributed by atoms with E-state index in [9.17, 15) is 30.3 Å². The molecule has 13 heteroatoms. The van der Waals surface area contributed by atoms with Crippen LogP contribution in [0.5, 0.6) is 0 Å². The fourth-order valence-corrected chi connectivity index (χ4v) is 8.20. The first kappa shape index (κ1) is 43.2. The van der Waals surface area contributed by atoms with E-state index in [-0.39, 0.29) is 30.6 Å². The van der Waals surface area contributed by atoms with Crippen molar-refractivity contribution in [3.8, 4) is 0 Å². The van der Waals surface area contributed by atoms with Gasteiger partial charge in [0.15, 0.2) is 12.6 Å². The van der Waals surface area contributed by atoms with Gasteiger partial charge in [-0.05, 0) is 79.5 Å². The molecule has 3 saturated heterocycles. The summed E-state index contributed by atoms with van der Waals surface area (Å²) in [4.78, 5) is 15.9. The molecule has 0 saturated carbocycles. The molecule has 0 radical (unpaired) electrons. The third-order valence-corrected chi connectivity index (χ3v) is 11.6. The Bertz CT molecular complexity index is 1120. The van der Waals surface area contributed by atoms with Crippen LogP contribution in [0.2, 0.25) is 0 Å². The molecule has 5 N–H and O–H groups in total. The number of carbonyl (C=O) groups is 1. The molecular formula is C37H67NO12. The van der Waals surface area contributed by atoms with Crippen molar-refractivity contribution in [1.29, 1.82) is 0 Å². The zero-order chi connectivity index (χ0) is 38.0. The molecule has 3 aliphatic rings. The summed E-state index contributed by atoms with van der Waals surface area (Å²) in [5, 5.41) is 57.5. The minimum Gasteiger partial charge on any atom is -0.457 e. The molecule has 0 aromatic rings. The Morgan fingerprint density at radius 3 is 2.12 bits per heavy atom. The zero-order valence-electron chi connectivity index (χ0n) is 32.3. The van der Waals surface area contributed by atoms with E-state index < -0.39 is 102 Å². The highest BCUT2D eigenvalue weighted by Gasteiger charge is 2.52. The predicted octanol–water partition coefficient (Wildman–Crippen LogP) is 2.38. The third kappa shape index (κ3) is 9.46. The molecule has 18 atom stereocenters. The number of nitrogens with zero attached hydrogens (tertiary/aromatic N) is 1. The van der Waals surface area contributed by atoms with Crippen LogP contribution in [0.4, 0.5) is 0 Å². The van der Waals surface area contributed by atoms with Gasteiger partial charge < -0.3 is 58.9 Å². The van der Waals surface area contributed by atoms with Crippen LogP contribution in [0.3, 0.4) is 0 Å². The predicted molar refractivity (Wildman–Crippen MR) is 186 cm³/mol. The van der Waals surface area contributed by atoms with Crippen LogP contribution in [-0.4, -0.2) is 142 Å². The molecule has 3 rings (SSSR count). The zero-order valence-corrected chi connectivity index (χ0v) is 32.3. The summed E-state index contributed by atoms with van der Waals surface area (Å²) in [6, 6.07) is -0.291. The van der Waals surface area contributed by atoms with Crippen molar-refractivity contribution < 1.29 is 58.7 Å². The number of likely N-dealkylation sites (N-methyl/N-ethyl adjacent to an activating group) is 1. The lowest BCUT2D eigenvalue weighted by Gasteiger charge is -2.49. The van der Waals surface area contributed by atoms with Gasteiger partial charge in [-0.1, -0.05) is 34.3 Å². The van der Waals surface area contributed by atoms with Gasteiger partial charge >= 0.3 is 5.97 Å². The summed E-state index contributed by atoms with van der Waals surface area (Å²) in [5.41, 5.74) is -2.43. The molecule has 0 amide bonds. The van der Waals surface area contributed by atoms with Crippen molar-refractivity contribution in [2.45, 2.75) is 173 Å². The molecule has 3 fully saturated rings. The molecule has 50 heavy (non-hydrogen) atoms. The summed E-state index contributed by atoms with van der Waals surface area (Å²) >= 11 is 0. The number of aliphatic hydroxyl groups is 5. The topological polar surface area (TPSA) is 177 Å². The highest BCUT2D eigenvalue weighted by atomic mass is 16.7. The lowest BCUT2D eigenvalue weighted by atomic mass is 9.74. The van der Waals surface area contributed by atoms with Crippen molar-refractivity contribution in [3.05, 3.63) is 12.2 Å². The van der Waals surface area contributed by atoms with E-state index in [0.717, 1.165) is 0 Å². The van der Waals surface area contributed by atoms with Crippen LogP contribution >= 0.6 is 0 Å². The summed E-state index contributed by atoms with van der Waals surface area (Å²) in [6.45, 7) is 19.8. The SMILES string of the molecule is C=C1[C@@H](CC)OC(=O)[C@H](C)[C@@H](OC2C[C@@](C)(OC)[C@@H](O)[C@H](C)O2)[C@H](C)[C@@H](OC2O[C@H](C)C[C@H](N(C)C)[C@H]2O)[C@@](C)(O)C[C@@H](C)[C@H](O)[C@H](C)[C@H]1O. The molecule has 3 heterocycles. The number of aliphatic hydroxyl groups excluding tert-OH is 4. The van der Waals surface area contributed by atoms with Crippen molar-refractivity contribution in [2.75, 3.05) is 21.2 Å². The third-order valence-electron chi connectivity index (χ3n) is 11.6. The van der Waals surface area contributed by atoms with Gasteiger partial charge in [-0.15, -0.1) is 0 Å². The van der Waals surface area contributed by atoms with Crippen LogP contribution in [-0.2, 0) is 33.2 Å². The van der Waals surface area contributed by atoms with Gasteiger partial charge in [0.2, 0.25) is 0 Å². The normalized spacial score (nSPS) is 49.0. The Kier molecular flexibility index (Phi) is 14.9. The lowest BCUT2D eigenvalue weighted by Crippen LogP contribution is -2.60. The van der Waals surface area contributed by atoms with E-state index in [4.69, 9.17) is 28.4 Å². The number of hydrogen-bond donors (Lipinski definition) is 5. The minimum absolute atomic E-state index is 0.0237. The van der Waals surface area contributed by atoms with Crippen LogP contribution in [0.25, 0.3) is 0 Å². The maximum absolute atomic E-state index is 14.0. The van der Waals surface area contributed by atoms with E-state index in [2.05, 4.69) is 6.58 Å². The standard InChI is InChI=1S/C37H67NO12/c1-14-26-20(4)29(40)21(5)28(39)18(2)16-36(9,44)33(50-35-30(41)25(38(11)12)15-19(3)46-35)22(6)31(23(7)34(43)48-26)49-27-17-37(10,45-13)32(42)24(8)47-27/h18-19,21-33,35,39-42,44H,4,14-17H2,1-3,5-13H3/t18-,19-,21+,22+,23-,24+,25+,26-,27?,28+,29+,30-,31+,32+,33-,35?,36+,37-/m1/s1. The van der Waals surface area contributed by atoms with Gasteiger partial charge in [-0.3, -0.25) is 4.79 Å². The Balaban J connectivity index is 2.16. The second kappa shape index (κ2) is 17.3. The highest BCUT2D eigenvalue weighted by molar-refractivity contribution is 5.73. The van der Waals surface area contributed by atoms with Crippen LogP contribution in [0, 0.1) is 23.7 Å². The Morgan fingerprint density at radius 1 is 0.940 bits per heavy atom. The molecular weight excluding hydrogens is 650 g/mol. The fourth-order valence-electron chi connectivity index (χ4n) is 8.20. The second-order valence-electron chi connectivity index (χ2n) is 16.1. The van der Waals surface area contributed by atoms with Crippen molar-refractivity contribution in [3.63, 3.8) is 0 Å². The first-order valence-electron chi connectivity index (χ1n) is 18.3. The van der Waals surface area contributed by atoms with Crippen molar-refractivity contribution >= 4 is 5.97 Å². The summed E-state index contributed by atoms with van der Waals surface area (Å²) < 4.78 is 37.3. The van der Waals surface area contributed by atoms with Crippen LogP contribution in [0.15, 0.2) is 12.2 Å². The first-order valence-corrected chi connectivity index (χ1v) is 18.3. The summed E-state index contributed by atoms with van der Waals surface area (Å²) in [6.07, 6.45) is -9.20. The Hall–Kier alpha value is -1.23. The van der Waals surface area contributed by atoms with E-state index in [1.807, 2.05) is 32.8 Å². The quantitative estimate of drug-likeness (QED) is 0.192. The summed E-state index contributed by atoms with van der Waals surface area (Å²) in [5.74, 6) is -3.60. The Labute approximate surface area is 299 Å². The average Bonchev–Trinajstić information content (AvgIpc) is 3.05. The van der Waals surface area contributed by atoms with Crippen molar-refractivity contribution in [2.24, 2.45) is 23.7 Å². The van der Waals surface area contributed by atoms with E-state index >= 15 is 0 Å². The number of esters is 1. The van der Waals surface area contributed by atoms with Crippen LogP contribution in [0.1, 0.15) is 88.0 Å². The van der Waals surface area contributed by atoms with E-state index in [1.54, 1.807) is 48.5 Å². The maximum atomic E-state index is 14.0. The van der Waals surface area contributed by atoms with Crippen molar-refractivity contribution in [1.82, 2.24) is 4.90 Å². The van der Waals surface area contributed by atoms with E-state index in [1.165, 1.54) is 7.11 Å². The molecule has 0 bridgehead atoms. The van der Waals surface area contributed by atoms with Gasteiger partial charge in [0.1, 0.15) is 18.3 Å².